The summed E-state index contributed by atoms with van der Waals surface area (Å²) in [4.78, 5) is 2.61. The Balaban J connectivity index is 2.48. The molecule has 0 atom stereocenters. The Morgan fingerprint density at radius 2 is 2.08 bits per heavy atom. The number of allylic oxidation sites excluding steroid dienone is 1. The molecule has 60 valence electrons. The molecule has 1 aromatic carbocycles. The van der Waals surface area contributed by atoms with E-state index in [-0.39, 0.29) is 0 Å². The summed E-state index contributed by atoms with van der Waals surface area (Å²) in [5.41, 5.74) is 9.18. The Hall–Kier alpha value is -1.73. The minimum Gasteiger partial charge on any atom is -0.0779 e. The molecule has 0 spiro atoms. The normalized spacial score (nSPS) is 9.67. The van der Waals surface area contributed by atoms with E-state index in [9.17, 15) is 0 Å². The molecule has 1 aromatic rings. The van der Waals surface area contributed by atoms with Crippen molar-refractivity contribution in [3.05, 3.63) is 58.6 Å². The molecule has 0 N–H and O–H groups in total. The zero-order chi connectivity index (χ0) is 8.65. The molecule has 3 heteroatoms. The second kappa shape index (κ2) is 4.99. The smallest absolute Gasteiger partial charge is 0.00474 e. The second-order valence-electron chi connectivity index (χ2n) is 2.28. The van der Waals surface area contributed by atoms with Crippen LogP contribution in [-0.4, -0.2) is 0 Å². The quantitative estimate of drug-likeness (QED) is 0.369. The lowest BCUT2D eigenvalue weighted by molar-refractivity contribution is 1.25. The van der Waals surface area contributed by atoms with Crippen LogP contribution in [0.25, 0.3) is 10.4 Å². The summed E-state index contributed by atoms with van der Waals surface area (Å²) >= 11 is 0. The second-order valence-corrected chi connectivity index (χ2v) is 2.28. The van der Waals surface area contributed by atoms with Crippen LogP contribution in [0.5, 0.6) is 0 Å². The molecule has 0 bridgehead atoms. The number of azide groups is 1. The van der Waals surface area contributed by atoms with Crippen molar-refractivity contribution in [2.45, 2.75) is 6.42 Å². The van der Waals surface area contributed by atoms with Crippen LogP contribution < -0.4 is 0 Å². The van der Waals surface area contributed by atoms with Gasteiger partial charge in [-0.1, -0.05) is 41.5 Å². The Morgan fingerprint density at radius 3 is 2.75 bits per heavy atom. The van der Waals surface area contributed by atoms with Gasteiger partial charge >= 0.3 is 0 Å². The third-order valence-corrected chi connectivity index (χ3v) is 1.42. The van der Waals surface area contributed by atoms with Crippen LogP contribution in [0.1, 0.15) is 5.56 Å². The van der Waals surface area contributed by atoms with E-state index in [0.29, 0.717) is 0 Å². The van der Waals surface area contributed by atoms with Gasteiger partial charge in [0.1, 0.15) is 0 Å². The van der Waals surface area contributed by atoms with Crippen molar-refractivity contribution in [2.24, 2.45) is 5.11 Å². The molecule has 0 unspecified atom stereocenters. The van der Waals surface area contributed by atoms with Crippen molar-refractivity contribution in [3.63, 3.8) is 0 Å². The monoisotopic (exact) mass is 159 g/mol. The molecule has 0 saturated carbocycles. The summed E-state index contributed by atoms with van der Waals surface area (Å²) in [5, 5.41) is 3.29. The van der Waals surface area contributed by atoms with Crippen LogP contribution in [0, 0.1) is 0 Å². The zero-order valence-corrected chi connectivity index (χ0v) is 6.59. The lowest BCUT2D eigenvalue weighted by Gasteiger charge is -1.92. The Morgan fingerprint density at radius 1 is 1.33 bits per heavy atom. The van der Waals surface area contributed by atoms with Crippen LogP contribution >= 0.6 is 0 Å². The number of hydrogen-bond donors (Lipinski definition) is 0. The van der Waals surface area contributed by atoms with E-state index in [4.69, 9.17) is 5.53 Å². The summed E-state index contributed by atoms with van der Waals surface area (Å²) in [6, 6.07) is 10.00. The van der Waals surface area contributed by atoms with E-state index in [1.807, 2.05) is 36.4 Å². The number of hydrogen-bond acceptors (Lipinski definition) is 1. The Kier molecular flexibility index (Phi) is 3.48. The highest BCUT2D eigenvalue weighted by molar-refractivity contribution is 5.17. The summed E-state index contributed by atoms with van der Waals surface area (Å²) in [7, 11) is 0. The minimum atomic E-state index is 0.805. The third kappa shape index (κ3) is 2.90. The predicted molar refractivity (Wildman–Crippen MR) is 48.4 cm³/mol. The number of nitrogens with zero attached hydrogens (tertiary/aromatic N) is 3. The predicted octanol–water partition coefficient (Wildman–Crippen LogP) is 3.05. The molecular formula is C9H9N3. The summed E-state index contributed by atoms with van der Waals surface area (Å²) < 4.78 is 0. The first kappa shape index (κ1) is 8.37. The molecular weight excluding hydrogens is 150 g/mol. The molecule has 0 amide bonds. The summed E-state index contributed by atoms with van der Waals surface area (Å²) in [6.45, 7) is 0. The maximum atomic E-state index is 7.97. The van der Waals surface area contributed by atoms with Gasteiger partial charge in [0.25, 0.3) is 0 Å². The fourth-order valence-electron chi connectivity index (χ4n) is 0.880. The van der Waals surface area contributed by atoms with Gasteiger partial charge in [0, 0.05) is 4.91 Å². The van der Waals surface area contributed by atoms with E-state index in [1.165, 1.54) is 11.8 Å². The van der Waals surface area contributed by atoms with Crippen molar-refractivity contribution >= 4 is 0 Å². The molecule has 0 radical (unpaired) electrons. The molecule has 0 aliphatic heterocycles. The van der Waals surface area contributed by atoms with Crippen molar-refractivity contribution in [1.82, 2.24) is 0 Å². The Labute approximate surface area is 71.0 Å². The molecule has 3 nitrogen and oxygen atoms in total. The standard InChI is InChI=1S/C9H9N3/c10-12-11-8-4-7-9-5-2-1-3-6-9/h1-6,8H,7H2/b8-4+. The van der Waals surface area contributed by atoms with Crippen LogP contribution in [0.4, 0.5) is 0 Å². The van der Waals surface area contributed by atoms with Gasteiger partial charge in [-0.05, 0) is 23.7 Å². The van der Waals surface area contributed by atoms with E-state index in [2.05, 4.69) is 10.0 Å². The van der Waals surface area contributed by atoms with E-state index in [1.54, 1.807) is 0 Å². The highest BCUT2D eigenvalue weighted by atomic mass is 15.1. The zero-order valence-electron chi connectivity index (χ0n) is 6.59. The van der Waals surface area contributed by atoms with Crippen LogP contribution in [-0.2, 0) is 6.42 Å². The van der Waals surface area contributed by atoms with Gasteiger partial charge in [-0.25, -0.2) is 0 Å². The van der Waals surface area contributed by atoms with E-state index < -0.39 is 0 Å². The van der Waals surface area contributed by atoms with E-state index in [0.717, 1.165) is 6.42 Å². The maximum Gasteiger partial charge on any atom is 0.00474 e. The lowest BCUT2D eigenvalue weighted by atomic mass is 10.1. The number of benzene rings is 1. The first-order chi connectivity index (χ1) is 5.93. The number of rotatable bonds is 3. The van der Waals surface area contributed by atoms with Crippen molar-refractivity contribution in [3.8, 4) is 0 Å². The fourth-order valence-corrected chi connectivity index (χ4v) is 0.880. The molecule has 0 saturated heterocycles. The van der Waals surface area contributed by atoms with E-state index >= 15 is 0 Å². The molecule has 0 heterocycles. The first-order valence-corrected chi connectivity index (χ1v) is 3.66. The maximum absolute atomic E-state index is 7.97. The van der Waals surface area contributed by atoms with Gasteiger partial charge in [-0.15, -0.1) is 0 Å². The van der Waals surface area contributed by atoms with Gasteiger partial charge in [0.15, 0.2) is 0 Å². The molecule has 1 rings (SSSR count). The van der Waals surface area contributed by atoms with Crippen molar-refractivity contribution in [2.75, 3.05) is 0 Å². The molecule has 0 fully saturated rings. The first-order valence-electron chi connectivity index (χ1n) is 3.66. The van der Waals surface area contributed by atoms with Gasteiger partial charge in [-0.3, -0.25) is 0 Å². The van der Waals surface area contributed by atoms with Crippen LogP contribution in [0.3, 0.4) is 0 Å². The van der Waals surface area contributed by atoms with Crippen LogP contribution in [0.15, 0.2) is 47.7 Å². The topological polar surface area (TPSA) is 48.8 Å². The Bertz CT molecular complexity index is 297. The van der Waals surface area contributed by atoms with Gasteiger partial charge in [0.05, 0.1) is 0 Å². The average molecular weight is 159 g/mol. The van der Waals surface area contributed by atoms with Gasteiger partial charge < -0.3 is 0 Å². The summed E-state index contributed by atoms with van der Waals surface area (Å²) in [5.74, 6) is 0. The highest BCUT2D eigenvalue weighted by Crippen LogP contribution is 1.99. The molecule has 0 aromatic heterocycles. The highest BCUT2D eigenvalue weighted by Gasteiger charge is 1.83. The van der Waals surface area contributed by atoms with Gasteiger partial charge in [0.2, 0.25) is 0 Å². The SMILES string of the molecule is [N-]=[N+]=N/C=C/Cc1ccccc1. The fraction of sp³-hybridized carbons (Fsp3) is 0.111. The average Bonchev–Trinajstić information content (AvgIpc) is 2.14. The largest absolute Gasteiger partial charge is 0.0779 e. The molecule has 12 heavy (non-hydrogen) atoms. The van der Waals surface area contributed by atoms with Crippen LogP contribution in [0.2, 0.25) is 0 Å². The van der Waals surface area contributed by atoms with Gasteiger partial charge in [-0.2, -0.15) is 0 Å². The lowest BCUT2D eigenvalue weighted by Crippen LogP contribution is -1.76. The minimum absolute atomic E-state index is 0.805. The third-order valence-electron chi connectivity index (χ3n) is 1.42. The molecule has 0 aliphatic carbocycles. The summed E-state index contributed by atoms with van der Waals surface area (Å²) in [6.07, 6.45) is 4.10. The van der Waals surface area contributed by atoms with Crippen molar-refractivity contribution in [1.29, 1.82) is 0 Å². The van der Waals surface area contributed by atoms with Crippen molar-refractivity contribution < 1.29 is 0 Å². The molecule has 0 aliphatic rings.